The molecule has 2 aromatic heterocycles. The number of anilines is 1. The van der Waals surface area contributed by atoms with Crippen LogP contribution in [0.25, 0.3) is 5.82 Å². The van der Waals surface area contributed by atoms with E-state index in [-0.39, 0.29) is 0 Å². The maximum Gasteiger partial charge on any atom is 0.161 e. The first-order valence-electron chi connectivity index (χ1n) is 6.21. The molecule has 0 aliphatic heterocycles. The van der Waals surface area contributed by atoms with Crippen LogP contribution in [-0.4, -0.2) is 26.6 Å². The predicted octanol–water partition coefficient (Wildman–Crippen LogP) is 1.48. The van der Waals surface area contributed by atoms with Crippen LogP contribution in [0.5, 0.6) is 0 Å². The third kappa shape index (κ3) is 1.97. The number of pyridine rings is 1. The highest BCUT2D eigenvalue weighted by atomic mass is 15.1. The fourth-order valence-corrected chi connectivity index (χ4v) is 2.30. The molecule has 0 aromatic carbocycles. The number of nitrogens with two attached hydrogens (primary N) is 1. The van der Waals surface area contributed by atoms with Crippen LogP contribution < -0.4 is 11.1 Å². The Morgan fingerprint density at radius 3 is 2.83 bits per heavy atom. The molecule has 0 bridgehead atoms. The lowest BCUT2D eigenvalue weighted by molar-refractivity contribution is 0.373. The summed E-state index contributed by atoms with van der Waals surface area (Å²) in [4.78, 5) is 8.68. The molecule has 18 heavy (non-hydrogen) atoms. The van der Waals surface area contributed by atoms with Gasteiger partial charge in [-0.2, -0.15) is 0 Å². The quantitative estimate of drug-likeness (QED) is 0.856. The van der Waals surface area contributed by atoms with Crippen LogP contribution in [0.2, 0.25) is 0 Å². The number of imidazole rings is 1. The van der Waals surface area contributed by atoms with Gasteiger partial charge in [0.1, 0.15) is 5.82 Å². The standard InChI is InChI=1S/C13H17N5/c1-9-15-5-6-18(9)13-12(3-2-4-16-13)17-11-7-10(14)8-11/h2-6,10-11,17H,7-8,14H2,1H3. The predicted molar refractivity (Wildman–Crippen MR) is 70.7 cm³/mol. The molecule has 94 valence electrons. The molecule has 2 aromatic rings. The second-order valence-corrected chi connectivity index (χ2v) is 4.79. The van der Waals surface area contributed by atoms with Crippen LogP contribution in [0.1, 0.15) is 18.7 Å². The van der Waals surface area contributed by atoms with Crippen LogP contribution in [0.3, 0.4) is 0 Å². The average Bonchev–Trinajstić information content (AvgIpc) is 2.74. The average molecular weight is 243 g/mol. The van der Waals surface area contributed by atoms with Crippen LogP contribution >= 0.6 is 0 Å². The second kappa shape index (κ2) is 4.42. The van der Waals surface area contributed by atoms with E-state index in [4.69, 9.17) is 5.73 Å². The normalized spacial score (nSPS) is 22.6. The Hall–Kier alpha value is -1.88. The van der Waals surface area contributed by atoms with Gasteiger partial charge in [0.25, 0.3) is 0 Å². The minimum Gasteiger partial charge on any atom is -0.379 e. The molecule has 0 amide bonds. The van der Waals surface area contributed by atoms with Gasteiger partial charge < -0.3 is 11.1 Å². The molecule has 0 radical (unpaired) electrons. The summed E-state index contributed by atoms with van der Waals surface area (Å²) in [7, 11) is 0. The number of rotatable bonds is 3. The molecule has 0 unspecified atom stereocenters. The monoisotopic (exact) mass is 243 g/mol. The van der Waals surface area contributed by atoms with E-state index >= 15 is 0 Å². The Morgan fingerprint density at radius 2 is 2.17 bits per heavy atom. The first kappa shape index (κ1) is 11.2. The van der Waals surface area contributed by atoms with Gasteiger partial charge in [-0.1, -0.05) is 0 Å². The van der Waals surface area contributed by atoms with Crippen molar-refractivity contribution in [3.63, 3.8) is 0 Å². The summed E-state index contributed by atoms with van der Waals surface area (Å²) in [6.45, 7) is 1.97. The molecule has 5 heteroatoms. The molecule has 3 rings (SSSR count). The number of nitrogens with one attached hydrogen (secondary N) is 1. The first-order chi connectivity index (χ1) is 8.74. The summed E-state index contributed by atoms with van der Waals surface area (Å²) in [5.74, 6) is 1.83. The van der Waals surface area contributed by atoms with E-state index < -0.39 is 0 Å². The highest BCUT2D eigenvalue weighted by molar-refractivity contribution is 5.58. The maximum absolute atomic E-state index is 5.81. The SMILES string of the molecule is Cc1nccn1-c1ncccc1NC1CC(N)C1. The Labute approximate surface area is 106 Å². The third-order valence-electron chi connectivity index (χ3n) is 3.37. The molecule has 1 aliphatic rings. The van der Waals surface area contributed by atoms with Crippen LogP contribution in [-0.2, 0) is 0 Å². The van der Waals surface area contributed by atoms with Crippen LogP contribution in [0.4, 0.5) is 5.69 Å². The largest absolute Gasteiger partial charge is 0.379 e. The Balaban J connectivity index is 1.88. The van der Waals surface area contributed by atoms with Gasteiger partial charge in [0.2, 0.25) is 0 Å². The summed E-state index contributed by atoms with van der Waals surface area (Å²) in [5.41, 5.74) is 6.85. The minimum absolute atomic E-state index is 0.345. The second-order valence-electron chi connectivity index (χ2n) is 4.79. The van der Waals surface area contributed by atoms with Crippen LogP contribution in [0, 0.1) is 6.92 Å². The van der Waals surface area contributed by atoms with E-state index in [9.17, 15) is 0 Å². The van der Waals surface area contributed by atoms with Gasteiger partial charge in [-0.25, -0.2) is 9.97 Å². The van der Waals surface area contributed by atoms with Crippen molar-refractivity contribution in [3.8, 4) is 5.82 Å². The van der Waals surface area contributed by atoms with Gasteiger partial charge in [0.05, 0.1) is 5.69 Å². The van der Waals surface area contributed by atoms with Crippen molar-refractivity contribution in [1.82, 2.24) is 14.5 Å². The van der Waals surface area contributed by atoms with Crippen molar-refractivity contribution in [1.29, 1.82) is 0 Å². The van der Waals surface area contributed by atoms with Crippen molar-refractivity contribution in [2.24, 2.45) is 5.73 Å². The van der Waals surface area contributed by atoms with Gasteiger partial charge in [-0.05, 0) is 31.9 Å². The topological polar surface area (TPSA) is 68.8 Å². The maximum atomic E-state index is 5.81. The van der Waals surface area contributed by atoms with Crippen molar-refractivity contribution < 1.29 is 0 Å². The smallest absolute Gasteiger partial charge is 0.161 e. The molecule has 3 N–H and O–H groups in total. The van der Waals surface area contributed by atoms with Crippen molar-refractivity contribution in [3.05, 3.63) is 36.5 Å². The van der Waals surface area contributed by atoms with Crippen molar-refractivity contribution in [2.75, 3.05) is 5.32 Å². The molecule has 0 atom stereocenters. The molecule has 0 saturated heterocycles. The number of aryl methyl sites for hydroxylation is 1. The molecule has 1 aliphatic carbocycles. The Morgan fingerprint density at radius 1 is 1.33 bits per heavy atom. The van der Waals surface area contributed by atoms with Gasteiger partial charge in [0, 0.05) is 30.7 Å². The van der Waals surface area contributed by atoms with E-state index in [1.165, 1.54) is 0 Å². The zero-order chi connectivity index (χ0) is 12.5. The first-order valence-corrected chi connectivity index (χ1v) is 6.21. The minimum atomic E-state index is 0.345. The third-order valence-corrected chi connectivity index (χ3v) is 3.37. The molecule has 1 fully saturated rings. The Bertz CT molecular complexity index is 542. The number of aromatic nitrogens is 3. The van der Waals surface area contributed by atoms with E-state index in [1.54, 1.807) is 12.4 Å². The highest BCUT2D eigenvalue weighted by Gasteiger charge is 2.26. The van der Waals surface area contributed by atoms with E-state index in [1.807, 2.05) is 29.8 Å². The lowest BCUT2D eigenvalue weighted by Gasteiger charge is -2.34. The fraction of sp³-hybridized carbons (Fsp3) is 0.385. The van der Waals surface area contributed by atoms with E-state index in [0.29, 0.717) is 12.1 Å². The van der Waals surface area contributed by atoms with Gasteiger partial charge >= 0.3 is 0 Å². The fourth-order valence-electron chi connectivity index (χ4n) is 2.30. The summed E-state index contributed by atoms with van der Waals surface area (Å²) < 4.78 is 1.99. The molecular formula is C13H17N5. The zero-order valence-corrected chi connectivity index (χ0v) is 10.4. The lowest BCUT2D eigenvalue weighted by Crippen LogP contribution is -2.44. The number of nitrogens with zero attached hydrogens (tertiary/aromatic N) is 3. The number of hydrogen-bond acceptors (Lipinski definition) is 4. The van der Waals surface area contributed by atoms with E-state index in [0.717, 1.165) is 30.2 Å². The summed E-state index contributed by atoms with van der Waals surface area (Å²) in [6, 6.07) is 4.80. The van der Waals surface area contributed by atoms with E-state index in [2.05, 4.69) is 15.3 Å². The molecule has 0 spiro atoms. The van der Waals surface area contributed by atoms with Crippen molar-refractivity contribution >= 4 is 5.69 Å². The van der Waals surface area contributed by atoms with Crippen LogP contribution in [0.15, 0.2) is 30.7 Å². The summed E-state index contributed by atoms with van der Waals surface area (Å²) in [5, 5.41) is 3.50. The summed E-state index contributed by atoms with van der Waals surface area (Å²) in [6.07, 6.45) is 7.56. The van der Waals surface area contributed by atoms with Gasteiger partial charge in [0.15, 0.2) is 5.82 Å². The van der Waals surface area contributed by atoms with Gasteiger partial charge in [-0.15, -0.1) is 0 Å². The van der Waals surface area contributed by atoms with Gasteiger partial charge in [-0.3, -0.25) is 4.57 Å². The molecule has 1 saturated carbocycles. The molecule has 2 heterocycles. The zero-order valence-electron chi connectivity index (χ0n) is 10.4. The molecule has 5 nitrogen and oxygen atoms in total. The summed E-state index contributed by atoms with van der Waals surface area (Å²) >= 11 is 0. The number of hydrogen-bond donors (Lipinski definition) is 2. The highest BCUT2D eigenvalue weighted by Crippen LogP contribution is 2.25. The molecular weight excluding hydrogens is 226 g/mol. The Kier molecular flexibility index (Phi) is 2.76. The lowest BCUT2D eigenvalue weighted by atomic mass is 9.87. The van der Waals surface area contributed by atoms with Crippen molar-refractivity contribution in [2.45, 2.75) is 31.8 Å².